The largest absolute Gasteiger partial charge is 0.497 e. The first-order valence-electron chi connectivity index (χ1n) is 7.39. The van der Waals surface area contributed by atoms with E-state index in [0.29, 0.717) is 17.0 Å². The van der Waals surface area contributed by atoms with Gasteiger partial charge in [0.1, 0.15) is 5.75 Å². The van der Waals surface area contributed by atoms with Crippen LogP contribution in [-0.4, -0.2) is 28.6 Å². The van der Waals surface area contributed by atoms with Gasteiger partial charge in [-0.2, -0.15) is 0 Å². The van der Waals surface area contributed by atoms with Crippen LogP contribution in [0.3, 0.4) is 0 Å². The summed E-state index contributed by atoms with van der Waals surface area (Å²) in [4.78, 5) is 11.4. The van der Waals surface area contributed by atoms with E-state index < -0.39 is 16.0 Å². The molecule has 2 aromatic rings. The van der Waals surface area contributed by atoms with Crippen LogP contribution in [0.5, 0.6) is 5.75 Å². The number of carbonyl (C=O) groups is 1. The number of carbonyl (C=O) groups excluding carboxylic acids is 1. The molecule has 25 heavy (non-hydrogen) atoms. The lowest BCUT2D eigenvalue weighted by Crippen LogP contribution is -2.13. The van der Waals surface area contributed by atoms with Crippen molar-refractivity contribution in [2.45, 2.75) is 11.8 Å². The smallest absolute Gasteiger partial charge is 0.330 e. The lowest BCUT2D eigenvalue weighted by Gasteiger charge is -2.12. The first-order valence-corrected chi connectivity index (χ1v) is 8.87. The molecule has 2 aromatic carbocycles. The van der Waals surface area contributed by atoms with Crippen LogP contribution >= 0.6 is 0 Å². The van der Waals surface area contributed by atoms with Crippen LogP contribution in [0.2, 0.25) is 0 Å². The van der Waals surface area contributed by atoms with Gasteiger partial charge in [0, 0.05) is 12.1 Å². The van der Waals surface area contributed by atoms with Crippen molar-refractivity contribution in [1.82, 2.24) is 0 Å². The molecule has 7 heteroatoms. The van der Waals surface area contributed by atoms with Gasteiger partial charge in [0.05, 0.1) is 24.8 Å². The molecule has 0 fully saturated rings. The van der Waals surface area contributed by atoms with Crippen molar-refractivity contribution in [1.29, 1.82) is 0 Å². The van der Waals surface area contributed by atoms with E-state index in [1.54, 1.807) is 30.3 Å². The topological polar surface area (TPSA) is 81.7 Å². The molecule has 6 nitrogen and oxygen atoms in total. The van der Waals surface area contributed by atoms with Gasteiger partial charge in [-0.05, 0) is 42.8 Å². The fraction of sp³-hybridized carbons (Fsp3) is 0.167. The second-order valence-electron chi connectivity index (χ2n) is 5.23. The quantitative estimate of drug-likeness (QED) is 0.632. The highest BCUT2D eigenvalue weighted by Crippen LogP contribution is 2.26. The third-order valence-electron chi connectivity index (χ3n) is 3.44. The molecule has 2 rings (SSSR count). The number of aryl methyl sites for hydroxylation is 1. The van der Waals surface area contributed by atoms with Crippen LogP contribution in [0, 0.1) is 6.92 Å². The Labute approximate surface area is 147 Å². The Morgan fingerprint density at radius 3 is 2.36 bits per heavy atom. The summed E-state index contributed by atoms with van der Waals surface area (Å²) in [6, 6.07) is 11.4. The van der Waals surface area contributed by atoms with Crippen LogP contribution in [0.1, 0.15) is 11.1 Å². The predicted molar refractivity (Wildman–Crippen MR) is 96.0 cm³/mol. The zero-order valence-electron chi connectivity index (χ0n) is 14.1. The Balaban J connectivity index is 2.40. The van der Waals surface area contributed by atoms with Crippen molar-refractivity contribution in [3.05, 3.63) is 59.7 Å². The first kappa shape index (κ1) is 18.5. The predicted octanol–water partition coefficient (Wildman–Crippen LogP) is 2.99. The summed E-state index contributed by atoms with van der Waals surface area (Å²) >= 11 is 0. The lowest BCUT2D eigenvalue weighted by molar-refractivity contribution is -0.134. The van der Waals surface area contributed by atoms with Crippen molar-refractivity contribution in [2.75, 3.05) is 18.9 Å². The van der Waals surface area contributed by atoms with Gasteiger partial charge >= 0.3 is 5.97 Å². The van der Waals surface area contributed by atoms with Crippen LogP contribution in [0.4, 0.5) is 5.69 Å². The molecule has 0 heterocycles. The molecular weight excluding hydrogens is 342 g/mol. The van der Waals surface area contributed by atoms with Gasteiger partial charge in [0.2, 0.25) is 0 Å². The van der Waals surface area contributed by atoms with E-state index in [4.69, 9.17) is 4.74 Å². The van der Waals surface area contributed by atoms with Gasteiger partial charge in [0.15, 0.2) is 0 Å². The minimum atomic E-state index is -3.78. The highest BCUT2D eigenvalue weighted by molar-refractivity contribution is 7.92. The molecule has 0 aliphatic carbocycles. The van der Waals surface area contributed by atoms with E-state index in [-0.39, 0.29) is 4.90 Å². The number of hydrogen-bond donors (Lipinski definition) is 1. The van der Waals surface area contributed by atoms with Crippen molar-refractivity contribution in [3.63, 3.8) is 0 Å². The van der Waals surface area contributed by atoms with Gasteiger partial charge in [-0.15, -0.1) is 0 Å². The number of rotatable bonds is 6. The standard InChI is InChI=1S/C18H19NO5S/c1-13-4-9-16(10-5-13)25(21,22)19-17-12-15(23-2)8-6-14(17)7-11-18(20)24-3/h4-12,19H,1-3H3/b11-7+. The number of ether oxygens (including phenoxy) is 2. The van der Waals surface area contributed by atoms with Crippen molar-refractivity contribution < 1.29 is 22.7 Å². The molecule has 1 N–H and O–H groups in total. The van der Waals surface area contributed by atoms with E-state index in [0.717, 1.165) is 5.56 Å². The van der Waals surface area contributed by atoms with Gasteiger partial charge in [-0.1, -0.05) is 17.7 Å². The Bertz CT molecular complexity index is 886. The summed E-state index contributed by atoms with van der Waals surface area (Å²) in [5, 5.41) is 0. The molecule has 0 aliphatic rings. The monoisotopic (exact) mass is 361 g/mol. The zero-order chi connectivity index (χ0) is 18.4. The molecule has 0 radical (unpaired) electrons. The molecule has 132 valence electrons. The summed E-state index contributed by atoms with van der Waals surface area (Å²) in [5.74, 6) is -0.0556. The molecule has 0 aliphatic heterocycles. The maximum atomic E-state index is 12.6. The Hall–Kier alpha value is -2.80. The van der Waals surface area contributed by atoms with E-state index in [2.05, 4.69) is 9.46 Å². The first-order chi connectivity index (χ1) is 11.9. The van der Waals surface area contributed by atoms with E-state index in [9.17, 15) is 13.2 Å². The second-order valence-corrected chi connectivity index (χ2v) is 6.91. The lowest BCUT2D eigenvalue weighted by atomic mass is 10.1. The molecular formula is C18H19NO5S. The van der Waals surface area contributed by atoms with Gasteiger partial charge < -0.3 is 9.47 Å². The third kappa shape index (κ3) is 4.84. The van der Waals surface area contributed by atoms with Gasteiger partial charge in [0.25, 0.3) is 10.0 Å². The van der Waals surface area contributed by atoms with Crippen LogP contribution in [-0.2, 0) is 19.6 Å². The molecule has 0 amide bonds. The number of sulfonamides is 1. The fourth-order valence-electron chi connectivity index (χ4n) is 2.04. The van der Waals surface area contributed by atoms with Crippen molar-refractivity contribution in [2.24, 2.45) is 0 Å². The number of methoxy groups -OCH3 is 2. The minimum Gasteiger partial charge on any atom is -0.497 e. The SMILES string of the molecule is COC(=O)/C=C/c1ccc(OC)cc1NS(=O)(=O)c1ccc(C)cc1. The minimum absolute atomic E-state index is 0.142. The summed E-state index contributed by atoms with van der Waals surface area (Å²) in [6.45, 7) is 1.88. The number of anilines is 1. The van der Waals surface area contributed by atoms with E-state index in [1.165, 1.54) is 38.5 Å². The van der Waals surface area contributed by atoms with Crippen LogP contribution in [0.25, 0.3) is 6.08 Å². The molecule has 0 saturated carbocycles. The van der Waals surface area contributed by atoms with Gasteiger partial charge in [-0.25, -0.2) is 13.2 Å². The van der Waals surface area contributed by atoms with Crippen LogP contribution in [0.15, 0.2) is 53.4 Å². The summed E-state index contributed by atoms with van der Waals surface area (Å²) in [7, 11) is -1.03. The Kier molecular flexibility index (Phi) is 5.82. The fourth-order valence-corrected chi connectivity index (χ4v) is 3.12. The number of esters is 1. The number of hydrogen-bond acceptors (Lipinski definition) is 5. The number of nitrogens with one attached hydrogen (secondary N) is 1. The molecule has 0 unspecified atom stereocenters. The average Bonchev–Trinajstić information content (AvgIpc) is 2.60. The molecule has 0 atom stereocenters. The maximum Gasteiger partial charge on any atom is 0.330 e. The maximum absolute atomic E-state index is 12.6. The summed E-state index contributed by atoms with van der Waals surface area (Å²) < 4.78 is 37.4. The summed E-state index contributed by atoms with van der Waals surface area (Å²) in [6.07, 6.45) is 2.68. The second kappa shape index (κ2) is 7.85. The summed E-state index contributed by atoms with van der Waals surface area (Å²) in [5.41, 5.74) is 1.75. The van der Waals surface area contributed by atoms with E-state index in [1.807, 2.05) is 6.92 Å². The highest BCUT2D eigenvalue weighted by atomic mass is 32.2. The zero-order valence-corrected chi connectivity index (χ0v) is 15.0. The van der Waals surface area contributed by atoms with Crippen LogP contribution < -0.4 is 9.46 Å². The normalized spacial score (nSPS) is 11.3. The third-order valence-corrected chi connectivity index (χ3v) is 4.82. The van der Waals surface area contributed by atoms with Gasteiger partial charge in [-0.3, -0.25) is 4.72 Å². The molecule has 0 saturated heterocycles. The van der Waals surface area contributed by atoms with Crippen molar-refractivity contribution in [3.8, 4) is 5.75 Å². The average molecular weight is 361 g/mol. The highest BCUT2D eigenvalue weighted by Gasteiger charge is 2.16. The Morgan fingerprint density at radius 1 is 1.08 bits per heavy atom. The Morgan fingerprint density at radius 2 is 1.76 bits per heavy atom. The number of benzene rings is 2. The molecule has 0 bridgehead atoms. The molecule has 0 aromatic heterocycles. The van der Waals surface area contributed by atoms with E-state index >= 15 is 0 Å². The molecule has 0 spiro atoms. The van der Waals surface area contributed by atoms with Crippen molar-refractivity contribution >= 4 is 27.8 Å².